The number of nitrogens with zero attached hydrogens (tertiary/aromatic N) is 1. The highest BCUT2D eigenvalue weighted by molar-refractivity contribution is 5.92. The molecule has 0 unspecified atom stereocenters. The van der Waals surface area contributed by atoms with E-state index in [0.29, 0.717) is 12.2 Å². The van der Waals surface area contributed by atoms with Crippen molar-refractivity contribution in [2.45, 2.75) is 6.10 Å². The van der Waals surface area contributed by atoms with Crippen molar-refractivity contribution in [2.75, 3.05) is 32.1 Å². The molecule has 18 heavy (non-hydrogen) atoms. The summed E-state index contributed by atoms with van der Waals surface area (Å²) in [6.07, 6.45) is -0.515. The van der Waals surface area contributed by atoms with Gasteiger partial charge >= 0.3 is 0 Å². The Morgan fingerprint density at radius 3 is 2.83 bits per heavy atom. The number of hydrogen-bond acceptors (Lipinski definition) is 5. The summed E-state index contributed by atoms with van der Waals surface area (Å²) in [6.45, 7) is 0.703. The third-order valence-corrected chi connectivity index (χ3v) is 2.56. The predicted octanol–water partition coefficient (Wildman–Crippen LogP) is 0.242. The summed E-state index contributed by atoms with van der Waals surface area (Å²) in [5.41, 5.74) is 0.695. The predicted molar refractivity (Wildman–Crippen MR) is 65.2 cm³/mol. The van der Waals surface area contributed by atoms with Gasteiger partial charge < -0.3 is 15.2 Å². The van der Waals surface area contributed by atoms with Crippen molar-refractivity contribution in [1.29, 1.82) is 0 Å². The SMILES string of the molecule is COc1ccc(NC(=O)CN2C[C@H](O)CO2)cc1. The van der Waals surface area contributed by atoms with E-state index in [1.54, 1.807) is 31.4 Å². The molecule has 0 saturated carbocycles. The molecule has 2 N–H and O–H groups in total. The molecule has 1 atom stereocenters. The first kappa shape index (κ1) is 12.8. The number of carbonyl (C=O) groups excluding carboxylic acids is 1. The van der Waals surface area contributed by atoms with E-state index in [1.807, 2.05) is 0 Å². The number of hydroxylamine groups is 2. The molecule has 0 spiro atoms. The van der Waals surface area contributed by atoms with Gasteiger partial charge in [-0.05, 0) is 24.3 Å². The summed E-state index contributed by atoms with van der Waals surface area (Å²) in [6, 6.07) is 7.06. The van der Waals surface area contributed by atoms with Gasteiger partial charge in [-0.15, -0.1) is 0 Å². The van der Waals surface area contributed by atoms with E-state index in [0.717, 1.165) is 5.75 Å². The lowest BCUT2D eigenvalue weighted by Gasteiger charge is -2.13. The third kappa shape index (κ3) is 3.43. The van der Waals surface area contributed by atoms with Crippen LogP contribution in [0.4, 0.5) is 5.69 Å². The summed E-state index contributed by atoms with van der Waals surface area (Å²) in [7, 11) is 1.59. The van der Waals surface area contributed by atoms with Gasteiger partial charge in [-0.2, -0.15) is 5.06 Å². The number of rotatable bonds is 4. The second-order valence-corrected chi connectivity index (χ2v) is 4.05. The first-order valence-electron chi connectivity index (χ1n) is 5.67. The van der Waals surface area contributed by atoms with Gasteiger partial charge in [0.1, 0.15) is 12.3 Å². The van der Waals surface area contributed by atoms with Crippen LogP contribution in [0.15, 0.2) is 24.3 Å². The van der Waals surface area contributed by atoms with Crippen LogP contribution in [0.2, 0.25) is 0 Å². The average Bonchev–Trinajstić information content (AvgIpc) is 2.75. The normalized spacial score (nSPS) is 19.8. The highest BCUT2D eigenvalue weighted by Gasteiger charge is 2.23. The molecule has 1 saturated heterocycles. The minimum absolute atomic E-state index is 0.100. The first-order chi connectivity index (χ1) is 8.67. The lowest BCUT2D eigenvalue weighted by molar-refractivity contribution is -0.138. The number of ether oxygens (including phenoxy) is 1. The number of β-amino-alcohol motifs (C(OH)–C–C–N with tert-alkyl or cyclic N) is 1. The van der Waals surface area contributed by atoms with Crippen molar-refractivity contribution in [3.8, 4) is 5.75 Å². The largest absolute Gasteiger partial charge is 0.497 e. The lowest BCUT2D eigenvalue weighted by atomic mass is 10.3. The number of aliphatic hydroxyl groups excluding tert-OH is 1. The number of anilines is 1. The zero-order valence-corrected chi connectivity index (χ0v) is 10.1. The number of hydrogen-bond donors (Lipinski definition) is 2. The number of methoxy groups -OCH3 is 1. The van der Waals surface area contributed by atoms with Crippen LogP contribution in [0.1, 0.15) is 0 Å². The Kier molecular flexibility index (Phi) is 4.14. The fourth-order valence-electron chi connectivity index (χ4n) is 1.68. The number of nitrogens with one attached hydrogen (secondary N) is 1. The van der Waals surface area contributed by atoms with Gasteiger partial charge in [-0.1, -0.05) is 0 Å². The van der Waals surface area contributed by atoms with Crippen LogP contribution < -0.4 is 10.1 Å². The fourth-order valence-corrected chi connectivity index (χ4v) is 1.68. The van der Waals surface area contributed by atoms with Crippen LogP contribution in [-0.4, -0.2) is 49.0 Å². The summed E-state index contributed by atoms with van der Waals surface area (Å²) in [4.78, 5) is 16.8. The van der Waals surface area contributed by atoms with E-state index >= 15 is 0 Å². The van der Waals surface area contributed by atoms with E-state index in [9.17, 15) is 9.90 Å². The molecule has 98 valence electrons. The third-order valence-electron chi connectivity index (χ3n) is 2.56. The molecular weight excluding hydrogens is 236 g/mol. The van der Waals surface area contributed by atoms with Crippen molar-refractivity contribution in [1.82, 2.24) is 5.06 Å². The number of benzene rings is 1. The van der Waals surface area contributed by atoms with Crippen LogP contribution in [-0.2, 0) is 9.63 Å². The smallest absolute Gasteiger partial charge is 0.240 e. The van der Waals surface area contributed by atoms with Crippen molar-refractivity contribution >= 4 is 11.6 Å². The molecule has 1 aliphatic rings. The molecule has 1 amide bonds. The van der Waals surface area contributed by atoms with Gasteiger partial charge in [0.25, 0.3) is 0 Å². The minimum atomic E-state index is -0.515. The van der Waals surface area contributed by atoms with E-state index < -0.39 is 6.10 Å². The molecule has 2 rings (SSSR count). The second-order valence-electron chi connectivity index (χ2n) is 4.05. The van der Waals surface area contributed by atoms with Crippen LogP contribution in [0.25, 0.3) is 0 Å². The molecule has 1 heterocycles. The van der Waals surface area contributed by atoms with Crippen molar-refractivity contribution < 1.29 is 19.5 Å². The Balaban J connectivity index is 1.83. The maximum atomic E-state index is 11.7. The standard InChI is InChI=1S/C12H16N2O4/c1-17-11-4-2-9(3-5-11)13-12(16)7-14-6-10(15)8-18-14/h2-5,10,15H,6-8H2,1H3,(H,13,16)/t10-/m0/s1. The molecule has 0 bridgehead atoms. The number of carbonyl (C=O) groups is 1. The fraction of sp³-hybridized carbons (Fsp3) is 0.417. The van der Waals surface area contributed by atoms with Gasteiger partial charge in [0.2, 0.25) is 5.91 Å². The molecule has 1 aromatic carbocycles. The zero-order valence-electron chi connectivity index (χ0n) is 10.1. The Morgan fingerprint density at radius 1 is 1.56 bits per heavy atom. The summed E-state index contributed by atoms with van der Waals surface area (Å²) in [5, 5.41) is 13.4. The molecule has 0 aromatic heterocycles. The van der Waals surface area contributed by atoms with E-state index in [4.69, 9.17) is 9.57 Å². The van der Waals surface area contributed by atoms with E-state index in [1.165, 1.54) is 5.06 Å². The highest BCUT2D eigenvalue weighted by Crippen LogP contribution is 2.15. The Morgan fingerprint density at radius 2 is 2.28 bits per heavy atom. The van der Waals surface area contributed by atoms with Crippen LogP contribution in [0.5, 0.6) is 5.75 Å². The molecule has 1 aliphatic heterocycles. The summed E-state index contributed by atoms with van der Waals surface area (Å²) in [5.74, 6) is 0.549. The van der Waals surface area contributed by atoms with Gasteiger partial charge in [0, 0.05) is 5.69 Å². The molecule has 0 radical (unpaired) electrons. The molecular formula is C12H16N2O4. The van der Waals surface area contributed by atoms with Gasteiger partial charge in [-0.25, -0.2) is 0 Å². The van der Waals surface area contributed by atoms with Crippen LogP contribution >= 0.6 is 0 Å². The monoisotopic (exact) mass is 252 g/mol. The van der Waals surface area contributed by atoms with Gasteiger partial charge in [0.05, 0.1) is 26.4 Å². The van der Waals surface area contributed by atoms with Gasteiger partial charge in [0.15, 0.2) is 0 Å². The molecule has 0 aliphatic carbocycles. The molecule has 6 heteroatoms. The first-order valence-corrected chi connectivity index (χ1v) is 5.67. The number of aliphatic hydroxyl groups is 1. The van der Waals surface area contributed by atoms with E-state index in [-0.39, 0.29) is 19.1 Å². The van der Waals surface area contributed by atoms with Crippen molar-refractivity contribution in [2.24, 2.45) is 0 Å². The topological polar surface area (TPSA) is 71.0 Å². The Bertz CT molecular complexity index is 407. The van der Waals surface area contributed by atoms with Gasteiger partial charge in [-0.3, -0.25) is 9.63 Å². The zero-order chi connectivity index (χ0) is 13.0. The Labute approximate surface area is 105 Å². The number of amides is 1. The van der Waals surface area contributed by atoms with Crippen molar-refractivity contribution in [3.63, 3.8) is 0 Å². The summed E-state index contributed by atoms with van der Waals surface area (Å²) >= 11 is 0. The molecule has 1 aromatic rings. The highest BCUT2D eigenvalue weighted by atomic mass is 16.7. The maximum Gasteiger partial charge on any atom is 0.240 e. The second kappa shape index (κ2) is 5.81. The lowest BCUT2D eigenvalue weighted by Crippen LogP contribution is -2.31. The average molecular weight is 252 g/mol. The summed E-state index contributed by atoms with van der Waals surface area (Å²) < 4.78 is 5.02. The molecule has 1 fully saturated rings. The van der Waals surface area contributed by atoms with Crippen molar-refractivity contribution in [3.05, 3.63) is 24.3 Å². The van der Waals surface area contributed by atoms with Crippen LogP contribution in [0.3, 0.4) is 0 Å². The quantitative estimate of drug-likeness (QED) is 0.803. The Hall–Kier alpha value is -1.63. The molecule has 6 nitrogen and oxygen atoms in total. The minimum Gasteiger partial charge on any atom is -0.497 e. The van der Waals surface area contributed by atoms with E-state index in [2.05, 4.69) is 5.32 Å². The maximum absolute atomic E-state index is 11.7. The van der Waals surface area contributed by atoms with Crippen LogP contribution in [0, 0.1) is 0 Å².